The number of phosphoric ester groups is 1. The van der Waals surface area contributed by atoms with Crippen molar-refractivity contribution in [3.8, 4) is 0 Å². The van der Waals surface area contributed by atoms with Crippen LogP contribution in [0.15, 0.2) is 43.0 Å². The number of aliphatic hydroxyl groups excluding tert-OH is 1. The molecule has 0 radical (unpaired) electrons. The largest absolute Gasteiger partial charge is 0.472 e. The average molecular weight is 419 g/mol. The van der Waals surface area contributed by atoms with Gasteiger partial charge in [-0.2, -0.15) is 0 Å². The molecular weight excluding hydrogens is 401 g/mol. The third-order valence-electron chi connectivity index (χ3n) is 4.90. The average Bonchev–Trinajstić information content (AvgIpc) is 3.28. The minimum absolute atomic E-state index is 0.155. The number of hydrogen-bond acceptors (Lipinski definition) is 9. The van der Waals surface area contributed by atoms with E-state index in [2.05, 4.69) is 20.3 Å². The second kappa shape index (κ2) is 7.13. The van der Waals surface area contributed by atoms with Crippen LogP contribution in [0.3, 0.4) is 0 Å². The first kappa shape index (κ1) is 18.6. The lowest BCUT2D eigenvalue weighted by Gasteiger charge is -2.27. The molecule has 0 saturated carbocycles. The molecule has 152 valence electrons. The molecule has 0 bridgehead atoms. The first-order chi connectivity index (χ1) is 14.0. The van der Waals surface area contributed by atoms with Crippen LogP contribution in [-0.2, 0) is 24.9 Å². The Morgan fingerprint density at radius 3 is 2.90 bits per heavy atom. The van der Waals surface area contributed by atoms with Gasteiger partial charge in [0.1, 0.15) is 24.6 Å². The molecule has 4 heterocycles. The van der Waals surface area contributed by atoms with Gasteiger partial charge < -0.3 is 20.1 Å². The Bertz CT molecular complexity index is 1080. The topological polar surface area (TPSA) is 141 Å². The summed E-state index contributed by atoms with van der Waals surface area (Å²) in [7, 11) is -4.19. The molecule has 2 aromatic heterocycles. The summed E-state index contributed by atoms with van der Waals surface area (Å²) in [5, 5.41) is 13.9. The molecule has 2 fully saturated rings. The standard InChI is InChI=1S/C17H18N5O6P/c23-13-14-11(7-26-29(24,25)28-14)27-17(13)22-9-21-12-15(19-8-20-16(12)22)18-6-10-4-2-1-3-5-10/h1-5,8-9,11,13-14,17,23H,6-7H2,(H,24,25)(H,18,19,20)/t11-,13-,14-,17-/m1/s1. The van der Waals surface area contributed by atoms with Gasteiger partial charge in [-0.3, -0.25) is 13.6 Å². The van der Waals surface area contributed by atoms with Crippen molar-refractivity contribution in [2.45, 2.75) is 31.1 Å². The van der Waals surface area contributed by atoms with Crippen LogP contribution in [0, 0.1) is 0 Å². The molecule has 11 nitrogen and oxygen atoms in total. The molecule has 12 heteroatoms. The Morgan fingerprint density at radius 2 is 2.07 bits per heavy atom. The van der Waals surface area contributed by atoms with E-state index in [1.807, 2.05) is 30.3 Å². The number of aliphatic hydroxyl groups is 1. The zero-order valence-electron chi connectivity index (χ0n) is 15.0. The maximum Gasteiger partial charge on any atom is 0.472 e. The smallest absolute Gasteiger partial charge is 0.386 e. The number of ether oxygens (including phenoxy) is 1. The maximum atomic E-state index is 11.7. The Balaban J connectivity index is 1.41. The highest BCUT2D eigenvalue weighted by Crippen LogP contribution is 2.52. The Morgan fingerprint density at radius 1 is 1.24 bits per heavy atom. The molecule has 0 amide bonds. The molecule has 0 aliphatic carbocycles. The van der Waals surface area contributed by atoms with Crippen molar-refractivity contribution in [1.29, 1.82) is 0 Å². The number of benzene rings is 1. The number of imidazole rings is 1. The van der Waals surface area contributed by atoms with Crippen LogP contribution in [0.1, 0.15) is 11.8 Å². The summed E-state index contributed by atoms with van der Waals surface area (Å²) in [6.07, 6.45) is -0.883. The van der Waals surface area contributed by atoms with Gasteiger partial charge in [-0.15, -0.1) is 0 Å². The van der Waals surface area contributed by atoms with Gasteiger partial charge in [-0.05, 0) is 5.56 Å². The first-order valence-corrected chi connectivity index (χ1v) is 10.5. The van der Waals surface area contributed by atoms with Gasteiger partial charge in [-0.25, -0.2) is 19.5 Å². The van der Waals surface area contributed by atoms with E-state index in [9.17, 15) is 14.6 Å². The van der Waals surface area contributed by atoms with Gasteiger partial charge in [-0.1, -0.05) is 30.3 Å². The van der Waals surface area contributed by atoms with Crippen LogP contribution in [0.4, 0.5) is 5.82 Å². The van der Waals surface area contributed by atoms with Crippen molar-refractivity contribution in [3.63, 3.8) is 0 Å². The monoisotopic (exact) mass is 419 g/mol. The molecular formula is C17H18N5O6P. The Kier molecular flexibility index (Phi) is 4.58. The fraction of sp³-hybridized carbons (Fsp3) is 0.353. The summed E-state index contributed by atoms with van der Waals surface area (Å²) < 4.78 is 28.8. The molecule has 0 spiro atoms. The zero-order chi connectivity index (χ0) is 20.0. The number of fused-ring (bicyclic) bond motifs is 2. The lowest BCUT2D eigenvalue weighted by molar-refractivity contribution is -0.0664. The second-order valence-corrected chi connectivity index (χ2v) is 8.18. The van der Waals surface area contributed by atoms with Gasteiger partial charge in [0.15, 0.2) is 23.2 Å². The number of hydrogen-bond donors (Lipinski definition) is 3. The van der Waals surface area contributed by atoms with Crippen LogP contribution in [-0.4, -0.2) is 54.4 Å². The van der Waals surface area contributed by atoms with Crippen molar-refractivity contribution in [3.05, 3.63) is 48.5 Å². The van der Waals surface area contributed by atoms with Crippen molar-refractivity contribution in [1.82, 2.24) is 19.5 Å². The molecule has 3 aromatic rings. The van der Waals surface area contributed by atoms with Crippen molar-refractivity contribution < 1.29 is 28.3 Å². The van der Waals surface area contributed by atoms with E-state index in [4.69, 9.17) is 13.8 Å². The van der Waals surface area contributed by atoms with Gasteiger partial charge in [0.25, 0.3) is 0 Å². The van der Waals surface area contributed by atoms with E-state index in [0.29, 0.717) is 23.5 Å². The maximum absolute atomic E-state index is 11.7. The van der Waals surface area contributed by atoms with Gasteiger partial charge in [0.2, 0.25) is 0 Å². The summed E-state index contributed by atoms with van der Waals surface area (Å²) in [5.74, 6) is 0.543. The normalized spacial score (nSPS) is 31.7. The second-order valence-electron chi connectivity index (χ2n) is 6.78. The van der Waals surface area contributed by atoms with E-state index < -0.39 is 32.4 Å². The Labute approximate surface area is 164 Å². The predicted octanol–water partition coefficient (Wildman–Crippen LogP) is 1.21. The van der Waals surface area contributed by atoms with Gasteiger partial charge >= 0.3 is 7.82 Å². The van der Waals surface area contributed by atoms with E-state index in [1.54, 1.807) is 4.57 Å². The molecule has 5 rings (SSSR count). The van der Waals surface area contributed by atoms with E-state index >= 15 is 0 Å². The number of anilines is 1. The molecule has 5 atom stereocenters. The van der Waals surface area contributed by atoms with E-state index in [0.717, 1.165) is 5.56 Å². The summed E-state index contributed by atoms with van der Waals surface area (Å²) >= 11 is 0. The van der Waals surface area contributed by atoms with Crippen LogP contribution >= 0.6 is 7.82 Å². The van der Waals surface area contributed by atoms with E-state index in [-0.39, 0.29) is 6.61 Å². The lowest BCUT2D eigenvalue weighted by Crippen LogP contribution is -2.39. The molecule has 2 saturated heterocycles. The highest BCUT2D eigenvalue weighted by Gasteiger charge is 2.52. The van der Waals surface area contributed by atoms with Crippen molar-refractivity contribution >= 4 is 24.8 Å². The fourth-order valence-corrected chi connectivity index (χ4v) is 4.48. The Hall–Kier alpha value is -2.40. The molecule has 2 aliphatic heterocycles. The van der Waals surface area contributed by atoms with Crippen LogP contribution < -0.4 is 5.32 Å². The fourth-order valence-electron chi connectivity index (χ4n) is 3.51. The third-order valence-corrected chi connectivity index (χ3v) is 5.89. The van der Waals surface area contributed by atoms with Crippen LogP contribution in [0.25, 0.3) is 11.2 Å². The lowest BCUT2D eigenvalue weighted by atomic mass is 10.1. The summed E-state index contributed by atoms with van der Waals surface area (Å²) in [4.78, 5) is 22.4. The summed E-state index contributed by atoms with van der Waals surface area (Å²) in [6, 6.07) is 9.85. The van der Waals surface area contributed by atoms with Crippen molar-refractivity contribution in [2.75, 3.05) is 11.9 Å². The number of rotatable bonds is 4. The molecule has 1 aromatic carbocycles. The number of nitrogens with zero attached hydrogens (tertiary/aromatic N) is 4. The van der Waals surface area contributed by atoms with Gasteiger partial charge in [0.05, 0.1) is 12.9 Å². The SMILES string of the molecule is O=P1(O)OC[C@H]2O[C@@H](n3cnc4c(NCc5ccccc5)ncnc43)[C@H](O)[C@@H]2O1. The molecule has 3 N–H and O–H groups in total. The molecule has 2 aliphatic rings. The summed E-state index contributed by atoms with van der Waals surface area (Å²) in [5.41, 5.74) is 2.05. The third kappa shape index (κ3) is 3.42. The predicted molar refractivity (Wildman–Crippen MR) is 99.7 cm³/mol. The summed E-state index contributed by atoms with van der Waals surface area (Å²) in [6.45, 7) is 0.404. The van der Waals surface area contributed by atoms with Gasteiger partial charge in [0, 0.05) is 6.54 Å². The van der Waals surface area contributed by atoms with Crippen molar-refractivity contribution in [2.24, 2.45) is 0 Å². The highest BCUT2D eigenvalue weighted by molar-refractivity contribution is 7.47. The minimum Gasteiger partial charge on any atom is -0.386 e. The first-order valence-electron chi connectivity index (χ1n) is 8.96. The number of phosphoric acid groups is 1. The van der Waals surface area contributed by atoms with E-state index in [1.165, 1.54) is 12.7 Å². The minimum atomic E-state index is -4.19. The zero-order valence-corrected chi connectivity index (χ0v) is 15.9. The highest BCUT2D eigenvalue weighted by atomic mass is 31.2. The number of nitrogens with one attached hydrogen (secondary N) is 1. The number of aromatic nitrogens is 4. The molecule has 29 heavy (non-hydrogen) atoms. The van der Waals surface area contributed by atoms with Crippen LogP contribution in [0.2, 0.25) is 0 Å². The quantitative estimate of drug-likeness (QED) is 0.529. The van der Waals surface area contributed by atoms with Crippen LogP contribution in [0.5, 0.6) is 0 Å². The molecule has 1 unspecified atom stereocenters.